The van der Waals surface area contributed by atoms with Crippen LogP contribution in [0.4, 0.5) is 0 Å². The van der Waals surface area contributed by atoms with Gasteiger partial charge in [-0.1, -0.05) is 61.0 Å². The molecule has 2 aliphatic rings. The van der Waals surface area contributed by atoms with Crippen LogP contribution in [0, 0.1) is 24.7 Å². The molecule has 1 nitrogen and oxygen atoms in total. The van der Waals surface area contributed by atoms with Gasteiger partial charge in [0.1, 0.15) is 12.4 Å². The molecule has 2 aromatic rings. The highest BCUT2D eigenvalue weighted by molar-refractivity contribution is 5.28. The third kappa shape index (κ3) is 4.87. The predicted molar refractivity (Wildman–Crippen MR) is 118 cm³/mol. The minimum absolute atomic E-state index is 0.641. The summed E-state index contributed by atoms with van der Waals surface area (Å²) in [5.41, 5.74) is 4.03. The summed E-state index contributed by atoms with van der Waals surface area (Å²) < 4.78 is 5.91. The fourth-order valence-corrected chi connectivity index (χ4v) is 4.94. The van der Waals surface area contributed by atoms with Crippen LogP contribution in [0.2, 0.25) is 0 Å². The lowest BCUT2D eigenvalue weighted by atomic mass is 9.71. The minimum Gasteiger partial charge on any atom is -0.489 e. The van der Waals surface area contributed by atoms with Crippen molar-refractivity contribution in [2.24, 2.45) is 17.8 Å². The maximum Gasteiger partial charge on any atom is 0.119 e. The van der Waals surface area contributed by atoms with Crippen molar-refractivity contribution < 1.29 is 4.74 Å². The first-order valence-electron chi connectivity index (χ1n) is 11.1. The average molecular weight is 375 g/mol. The summed E-state index contributed by atoms with van der Waals surface area (Å²) in [5, 5.41) is 0. The van der Waals surface area contributed by atoms with E-state index in [1.807, 2.05) is 12.1 Å². The number of rotatable bonds is 5. The van der Waals surface area contributed by atoms with E-state index < -0.39 is 0 Å². The summed E-state index contributed by atoms with van der Waals surface area (Å²) in [4.78, 5) is 0. The first kappa shape index (κ1) is 19.3. The van der Waals surface area contributed by atoms with Gasteiger partial charge in [0.05, 0.1) is 0 Å². The molecule has 0 spiro atoms. The Bertz CT molecular complexity index is 763. The smallest absolute Gasteiger partial charge is 0.119 e. The second-order valence-electron chi connectivity index (χ2n) is 9.06. The maximum atomic E-state index is 5.91. The Kier molecular flexibility index (Phi) is 6.20. The Morgan fingerprint density at radius 3 is 2.14 bits per heavy atom. The predicted octanol–water partition coefficient (Wildman–Crippen LogP) is 7.45. The summed E-state index contributed by atoms with van der Waals surface area (Å²) in [7, 11) is 0. The lowest BCUT2D eigenvalue weighted by Gasteiger charge is -2.34. The minimum atomic E-state index is 0.641. The van der Waals surface area contributed by atoms with Crippen molar-refractivity contribution >= 4 is 0 Å². The Morgan fingerprint density at radius 2 is 1.50 bits per heavy atom. The third-order valence-electron chi connectivity index (χ3n) is 6.90. The van der Waals surface area contributed by atoms with Gasteiger partial charge in [0.15, 0.2) is 0 Å². The molecule has 2 aliphatic carbocycles. The highest BCUT2D eigenvalue weighted by atomic mass is 16.5. The Hall–Kier alpha value is -2.02. The van der Waals surface area contributed by atoms with Crippen molar-refractivity contribution in [2.45, 2.75) is 64.9 Å². The van der Waals surface area contributed by atoms with Gasteiger partial charge in [-0.05, 0) is 92.4 Å². The molecular weight excluding hydrogens is 340 g/mol. The molecular formula is C27H34O. The molecule has 0 aromatic heterocycles. The second-order valence-corrected chi connectivity index (χ2v) is 9.06. The van der Waals surface area contributed by atoms with E-state index in [9.17, 15) is 0 Å². The van der Waals surface area contributed by atoms with Crippen LogP contribution in [0.15, 0.2) is 60.7 Å². The molecule has 28 heavy (non-hydrogen) atoms. The van der Waals surface area contributed by atoms with Crippen LogP contribution >= 0.6 is 0 Å². The summed E-state index contributed by atoms with van der Waals surface area (Å²) >= 11 is 0. The zero-order valence-electron chi connectivity index (χ0n) is 17.4. The standard InChI is InChI=1S/C27H34O/c1-20-3-9-23(10-4-20)25-13-15-26(16-14-25)24-11-7-22(8-12-24)19-28-27-17-5-21(2)6-18-27/h3,5-9,11-12,17-18,20,23,25-26H,4,10,13-16,19H2,1-2H3. The molecule has 0 N–H and O–H groups in total. The highest BCUT2D eigenvalue weighted by Gasteiger charge is 2.28. The Labute approximate surface area is 170 Å². The topological polar surface area (TPSA) is 9.23 Å². The Morgan fingerprint density at radius 1 is 0.786 bits per heavy atom. The number of hydrogen-bond acceptors (Lipinski definition) is 1. The van der Waals surface area contributed by atoms with Gasteiger partial charge in [-0.25, -0.2) is 0 Å². The van der Waals surface area contributed by atoms with E-state index >= 15 is 0 Å². The lowest BCUT2D eigenvalue weighted by molar-refractivity contribution is 0.242. The van der Waals surface area contributed by atoms with E-state index in [0.29, 0.717) is 6.61 Å². The van der Waals surface area contributed by atoms with Crippen molar-refractivity contribution in [2.75, 3.05) is 0 Å². The number of benzene rings is 2. The molecule has 0 bridgehead atoms. The van der Waals surface area contributed by atoms with Crippen LogP contribution in [0.5, 0.6) is 5.75 Å². The quantitative estimate of drug-likeness (QED) is 0.494. The fourth-order valence-electron chi connectivity index (χ4n) is 4.94. The third-order valence-corrected chi connectivity index (χ3v) is 6.90. The molecule has 0 amide bonds. The molecule has 1 heteroatoms. The van der Waals surface area contributed by atoms with E-state index in [4.69, 9.17) is 4.74 Å². The van der Waals surface area contributed by atoms with Crippen LogP contribution < -0.4 is 4.74 Å². The normalized spacial score (nSPS) is 27.5. The van der Waals surface area contributed by atoms with E-state index in [1.54, 1.807) is 0 Å². The zero-order chi connectivity index (χ0) is 19.3. The van der Waals surface area contributed by atoms with Crippen LogP contribution in [0.3, 0.4) is 0 Å². The van der Waals surface area contributed by atoms with E-state index in [1.165, 1.54) is 55.2 Å². The summed E-state index contributed by atoms with van der Waals surface area (Å²) in [6.45, 7) is 5.09. The largest absolute Gasteiger partial charge is 0.489 e. The number of aryl methyl sites for hydroxylation is 1. The zero-order valence-corrected chi connectivity index (χ0v) is 17.4. The second kappa shape index (κ2) is 8.99. The van der Waals surface area contributed by atoms with Crippen LogP contribution in [-0.4, -0.2) is 0 Å². The summed E-state index contributed by atoms with van der Waals surface area (Å²) in [6, 6.07) is 17.5. The van der Waals surface area contributed by atoms with Gasteiger partial charge in [0.2, 0.25) is 0 Å². The van der Waals surface area contributed by atoms with Crippen molar-refractivity contribution in [1.29, 1.82) is 0 Å². The van der Waals surface area contributed by atoms with Gasteiger partial charge in [-0.15, -0.1) is 0 Å². The van der Waals surface area contributed by atoms with Crippen LogP contribution in [-0.2, 0) is 6.61 Å². The van der Waals surface area contributed by atoms with Crippen molar-refractivity contribution in [3.05, 3.63) is 77.4 Å². The fraction of sp³-hybridized carbons (Fsp3) is 0.481. The molecule has 0 radical (unpaired) electrons. The first-order chi connectivity index (χ1) is 13.7. The SMILES string of the molecule is Cc1ccc(OCc2ccc(C3CCC(C4C=CC(C)CC4)CC3)cc2)cc1. The summed E-state index contributed by atoms with van der Waals surface area (Å²) in [5.74, 6) is 4.25. The molecule has 148 valence electrons. The average Bonchev–Trinajstić information content (AvgIpc) is 2.74. The molecule has 1 fully saturated rings. The van der Waals surface area contributed by atoms with Crippen molar-refractivity contribution in [3.8, 4) is 5.75 Å². The van der Waals surface area contributed by atoms with Gasteiger partial charge < -0.3 is 4.74 Å². The molecule has 0 heterocycles. The molecule has 2 unspecified atom stereocenters. The van der Waals surface area contributed by atoms with Gasteiger partial charge in [0, 0.05) is 0 Å². The summed E-state index contributed by atoms with van der Waals surface area (Å²) in [6.07, 6.45) is 13.3. The molecule has 4 rings (SSSR count). The van der Waals surface area contributed by atoms with Crippen LogP contribution in [0.1, 0.15) is 68.1 Å². The van der Waals surface area contributed by atoms with Crippen molar-refractivity contribution in [3.63, 3.8) is 0 Å². The highest BCUT2D eigenvalue weighted by Crippen LogP contribution is 2.41. The van der Waals surface area contributed by atoms with E-state index in [0.717, 1.165) is 29.4 Å². The maximum absolute atomic E-state index is 5.91. The molecule has 2 aromatic carbocycles. The Balaban J connectivity index is 1.27. The molecule has 1 saturated carbocycles. The lowest BCUT2D eigenvalue weighted by Crippen LogP contribution is -2.22. The van der Waals surface area contributed by atoms with E-state index in [-0.39, 0.29) is 0 Å². The number of ether oxygens (including phenoxy) is 1. The number of allylic oxidation sites excluding steroid dienone is 2. The van der Waals surface area contributed by atoms with Gasteiger partial charge in [0.25, 0.3) is 0 Å². The first-order valence-corrected chi connectivity index (χ1v) is 11.1. The monoisotopic (exact) mass is 374 g/mol. The molecule has 0 aliphatic heterocycles. The number of hydrogen-bond donors (Lipinski definition) is 0. The molecule has 0 saturated heterocycles. The van der Waals surface area contributed by atoms with Gasteiger partial charge >= 0.3 is 0 Å². The van der Waals surface area contributed by atoms with Gasteiger partial charge in [-0.2, -0.15) is 0 Å². The molecule has 2 atom stereocenters. The van der Waals surface area contributed by atoms with E-state index in [2.05, 4.69) is 62.4 Å². The van der Waals surface area contributed by atoms with Crippen molar-refractivity contribution in [1.82, 2.24) is 0 Å². The van der Waals surface area contributed by atoms with Crippen LogP contribution in [0.25, 0.3) is 0 Å². The van der Waals surface area contributed by atoms with Gasteiger partial charge in [-0.3, -0.25) is 0 Å².